The second-order valence-electron chi connectivity index (χ2n) is 10.2. The second kappa shape index (κ2) is 8.83. The largest absolute Gasteiger partial charge is 0.481 e. The fourth-order valence-corrected chi connectivity index (χ4v) is 6.52. The number of benzene rings is 2. The number of fused-ring (bicyclic) bond motifs is 6. The zero-order valence-corrected chi connectivity index (χ0v) is 19.9. The molecule has 0 bridgehead atoms. The molecular weight excluding hydrogens is 442 g/mol. The minimum Gasteiger partial charge on any atom is -0.481 e. The number of hydroxylamine groups is 2. The van der Waals surface area contributed by atoms with Gasteiger partial charge in [-0.05, 0) is 55.2 Å². The summed E-state index contributed by atoms with van der Waals surface area (Å²) < 4.78 is 6.13. The van der Waals surface area contributed by atoms with Crippen LogP contribution in [0.2, 0.25) is 0 Å². The van der Waals surface area contributed by atoms with E-state index in [0.717, 1.165) is 61.0 Å². The lowest BCUT2D eigenvalue weighted by Gasteiger charge is -2.34. The Morgan fingerprint density at radius 2 is 1.63 bits per heavy atom. The zero-order chi connectivity index (χ0) is 24.0. The van der Waals surface area contributed by atoms with Crippen molar-refractivity contribution in [3.63, 3.8) is 0 Å². The first kappa shape index (κ1) is 22.4. The molecule has 0 aromatic heterocycles. The van der Waals surface area contributed by atoms with Crippen LogP contribution in [0, 0.1) is 5.92 Å². The van der Waals surface area contributed by atoms with E-state index < -0.39 is 17.7 Å². The number of esters is 1. The van der Waals surface area contributed by atoms with Crippen molar-refractivity contribution in [2.75, 3.05) is 0 Å². The SMILES string of the molecule is O=C(O)CCCC12C(=O)OC(C3CCCCC3)N1OC1=C2c2ccccc2CCc2ccccc21. The molecule has 1 saturated carbocycles. The Hall–Kier alpha value is -3.12. The predicted octanol–water partition coefficient (Wildman–Crippen LogP) is 5.36. The number of carboxylic acids is 1. The molecule has 0 radical (unpaired) electrons. The number of aliphatic carboxylic acids is 1. The smallest absolute Gasteiger partial charge is 0.336 e. The van der Waals surface area contributed by atoms with E-state index in [2.05, 4.69) is 24.3 Å². The van der Waals surface area contributed by atoms with Gasteiger partial charge in [0.25, 0.3) is 0 Å². The number of rotatable bonds is 5. The van der Waals surface area contributed by atoms with Crippen molar-refractivity contribution in [3.8, 4) is 0 Å². The van der Waals surface area contributed by atoms with Crippen LogP contribution >= 0.6 is 0 Å². The molecule has 2 fully saturated rings. The van der Waals surface area contributed by atoms with Gasteiger partial charge >= 0.3 is 11.9 Å². The second-order valence-corrected chi connectivity index (χ2v) is 10.2. The summed E-state index contributed by atoms with van der Waals surface area (Å²) in [6, 6.07) is 16.5. The van der Waals surface area contributed by atoms with E-state index in [1.165, 1.54) is 17.5 Å². The van der Waals surface area contributed by atoms with E-state index in [4.69, 9.17) is 9.57 Å². The van der Waals surface area contributed by atoms with Crippen LogP contribution in [0.4, 0.5) is 0 Å². The van der Waals surface area contributed by atoms with Gasteiger partial charge in [-0.25, -0.2) is 4.79 Å². The first-order valence-corrected chi connectivity index (χ1v) is 12.9. The monoisotopic (exact) mass is 473 g/mol. The maximum absolute atomic E-state index is 14.0. The van der Waals surface area contributed by atoms with Crippen LogP contribution in [0.5, 0.6) is 0 Å². The van der Waals surface area contributed by atoms with E-state index in [0.29, 0.717) is 12.8 Å². The fraction of sp³-hybridized carbons (Fsp3) is 0.448. The van der Waals surface area contributed by atoms with E-state index in [1.807, 2.05) is 29.3 Å². The van der Waals surface area contributed by atoms with Crippen LogP contribution in [0.3, 0.4) is 0 Å². The van der Waals surface area contributed by atoms with Crippen molar-refractivity contribution < 1.29 is 24.3 Å². The lowest BCUT2D eigenvalue weighted by atomic mass is 9.76. The lowest BCUT2D eigenvalue weighted by Crippen LogP contribution is -2.49. The highest BCUT2D eigenvalue weighted by molar-refractivity contribution is 6.08. The molecule has 1 N–H and O–H groups in total. The average molecular weight is 474 g/mol. The Bertz CT molecular complexity index is 1200. The molecule has 2 aliphatic heterocycles. The van der Waals surface area contributed by atoms with E-state index in [9.17, 15) is 14.7 Å². The molecule has 2 aromatic rings. The molecule has 35 heavy (non-hydrogen) atoms. The van der Waals surface area contributed by atoms with Crippen molar-refractivity contribution in [3.05, 3.63) is 70.8 Å². The van der Waals surface area contributed by atoms with Crippen LogP contribution in [-0.2, 0) is 32.0 Å². The average Bonchev–Trinajstić information content (AvgIpc) is 3.34. The van der Waals surface area contributed by atoms with Crippen LogP contribution in [0.1, 0.15) is 73.6 Å². The van der Waals surface area contributed by atoms with Crippen LogP contribution in [-0.4, -0.2) is 33.9 Å². The third kappa shape index (κ3) is 3.57. The quantitative estimate of drug-likeness (QED) is 0.590. The van der Waals surface area contributed by atoms with Crippen molar-refractivity contribution >= 4 is 23.3 Å². The van der Waals surface area contributed by atoms with Crippen LogP contribution in [0.25, 0.3) is 11.3 Å². The third-order valence-electron chi connectivity index (χ3n) is 8.20. The van der Waals surface area contributed by atoms with Gasteiger partial charge in [0.1, 0.15) is 0 Å². The van der Waals surface area contributed by atoms with Crippen molar-refractivity contribution in [2.45, 2.75) is 76.0 Å². The minimum atomic E-state index is -1.15. The van der Waals surface area contributed by atoms with Gasteiger partial charge in [0.2, 0.25) is 0 Å². The summed E-state index contributed by atoms with van der Waals surface area (Å²) in [7, 11) is 0. The lowest BCUT2D eigenvalue weighted by molar-refractivity contribution is -0.191. The van der Waals surface area contributed by atoms with Gasteiger partial charge in [-0.3, -0.25) is 4.79 Å². The number of carbonyl (C=O) groups is 2. The van der Waals surface area contributed by atoms with Gasteiger partial charge in [0.15, 0.2) is 17.5 Å². The van der Waals surface area contributed by atoms with Crippen LogP contribution < -0.4 is 0 Å². The van der Waals surface area contributed by atoms with Gasteiger partial charge in [-0.1, -0.05) is 72.9 Å². The van der Waals surface area contributed by atoms with Gasteiger partial charge in [-0.2, -0.15) is 0 Å². The summed E-state index contributed by atoms with van der Waals surface area (Å²) in [5.41, 5.74) is 4.09. The number of carbonyl (C=O) groups excluding carboxylic acids is 1. The number of carboxylic acid groups (broad SMARTS) is 1. The maximum atomic E-state index is 14.0. The van der Waals surface area contributed by atoms with Crippen molar-refractivity contribution in [1.29, 1.82) is 0 Å². The Balaban J connectivity index is 1.55. The molecule has 0 spiro atoms. The summed E-state index contributed by atoms with van der Waals surface area (Å²) in [6.45, 7) is 0. The molecular formula is C29H31NO5. The molecule has 6 rings (SSSR count). The Morgan fingerprint density at radius 1 is 0.971 bits per heavy atom. The number of hydrogen-bond acceptors (Lipinski definition) is 5. The fourth-order valence-electron chi connectivity index (χ4n) is 6.52. The number of nitrogens with zero attached hydrogens (tertiary/aromatic N) is 1. The number of aryl methyl sites for hydroxylation is 2. The summed E-state index contributed by atoms with van der Waals surface area (Å²) >= 11 is 0. The molecule has 2 atom stereocenters. The molecule has 2 aliphatic carbocycles. The Kier molecular flexibility index (Phi) is 5.64. The summed E-state index contributed by atoms with van der Waals surface area (Å²) in [5, 5.41) is 11.2. The third-order valence-corrected chi connectivity index (χ3v) is 8.20. The molecule has 182 valence electrons. The topological polar surface area (TPSA) is 76.1 Å². The molecule has 0 amide bonds. The number of ether oxygens (including phenoxy) is 1. The highest BCUT2D eigenvalue weighted by Gasteiger charge is 2.66. The van der Waals surface area contributed by atoms with Crippen molar-refractivity contribution in [2.24, 2.45) is 5.92 Å². The van der Waals surface area contributed by atoms with Gasteiger partial charge in [0, 0.05) is 23.5 Å². The molecule has 2 aromatic carbocycles. The highest BCUT2D eigenvalue weighted by Crippen LogP contribution is 2.56. The van der Waals surface area contributed by atoms with Crippen molar-refractivity contribution in [1.82, 2.24) is 5.06 Å². The number of cyclic esters (lactones) is 1. The summed E-state index contributed by atoms with van der Waals surface area (Å²) in [5.74, 6) is -0.234. The van der Waals surface area contributed by atoms with Gasteiger partial charge in [0.05, 0.1) is 0 Å². The zero-order valence-electron chi connectivity index (χ0n) is 19.9. The normalized spacial score (nSPS) is 26.1. The van der Waals surface area contributed by atoms with Gasteiger partial charge in [-0.15, -0.1) is 0 Å². The maximum Gasteiger partial charge on any atom is 0.336 e. The molecule has 6 heteroatoms. The van der Waals surface area contributed by atoms with E-state index >= 15 is 0 Å². The Labute approximate surface area is 205 Å². The highest BCUT2D eigenvalue weighted by atomic mass is 16.8. The standard InChI is InChI=1S/C29H31NO5/c31-24(32)15-8-18-29-25-22-13-6-4-9-19(22)16-17-20-10-5-7-14-23(20)26(25)35-30(29)27(34-28(29)33)21-11-2-1-3-12-21/h4-7,9-10,13-14,21,27H,1-3,8,11-12,15-18H2,(H,31,32). The van der Waals surface area contributed by atoms with E-state index in [-0.39, 0.29) is 18.3 Å². The Morgan fingerprint density at radius 3 is 2.34 bits per heavy atom. The summed E-state index contributed by atoms with van der Waals surface area (Å²) in [4.78, 5) is 32.1. The van der Waals surface area contributed by atoms with Crippen LogP contribution in [0.15, 0.2) is 48.5 Å². The number of hydrogen-bond donors (Lipinski definition) is 1. The molecule has 2 heterocycles. The first-order chi connectivity index (χ1) is 17.1. The first-order valence-electron chi connectivity index (χ1n) is 12.9. The predicted molar refractivity (Wildman–Crippen MR) is 131 cm³/mol. The molecule has 6 nitrogen and oxygen atoms in total. The van der Waals surface area contributed by atoms with E-state index in [1.54, 1.807) is 0 Å². The molecule has 1 saturated heterocycles. The van der Waals surface area contributed by atoms with Gasteiger partial charge < -0.3 is 14.7 Å². The molecule has 2 unspecified atom stereocenters. The summed E-state index contributed by atoms with van der Waals surface area (Å²) in [6.07, 6.45) is 7.44. The minimum absolute atomic E-state index is 0.00217. The molecule has 4 aliphatic rings.